The summed E-state index contributed by atoms with van der Waals surface area (Å²) in [7, 11) is 0. The van der Waals surface area contributed by atoms with Gasteiger partial charge in [0.1, 0.15) is 5.75 Å². The average Bonchev–Trinajstić information content (AvgIpc) is 2.54. The third-order valence-corrected chi connectivity index (χ3v) is 4.37. The van der Waals surface area contributed by atoms with E-state index in [1.807, 2.05) is 49.1 Å². The molecule has 0 aromatic heterocycles. The van der Waals surface area contributed by atoms with Gasteiger partial charge in [-0.05, 0) is 67.6 Å². The molecule has 5 heteroatoms. The zero-order chi connectivity index (χ0) is 17.1. The lowest BCUT2D eigenvalue weighted by molar-refractivity contribution is -0.119. The van der Waals surface area contributed by atoms with E-state index in [0.717, 1.165) is 53.2 Å². The minimum Gasteiger partial charge on any atom is -0.493 e. The fourth-order valence-electron chi connectivity index (χ4n) is 3.32. The van der Waals surface area contributed by atoms with Crippen LogP contribution in [0.2, 0.25) is 0 Å². The van der Waals surface area contributed by atoms with Crippen molar-refractivity contribution in [2.45, 2.75) is 33.1 Å². The van der Waals surface area contributed by atoms with Crippen molar-refractivity contribution in [3.63, 3.8) is 0 Å². The molecule has 25 heavy (non-hydrogen) atoms. The lowest BCUT2D eigenvalue weighted by Crippen LogP contribution is -2.36. The molecule has 4 nitrogen and oxygen atoms in total. The molecule has 0 saturated carbocycles. The Kier molecular flexibility index (Phi) is 6.32. The van der Waals surface area contributed by atoms with Crippen molar-refractivity contribution in [1.82, 2.24) is 0 Å². The Morgan fingerprint density at radius 3 is 2.64 bits per heavy atom. The molecule has 0 atom stereocenters. The number of ether oxygens (including phenoxy) is 1. The van der Waals surface area contributed by atoms with Crippen molar-refractivity contribution in [3.05, 3.63) is 53.1 Å². The average molecular weight is 361 g/mol. The van der Waals surface area contributed by atoms with Gasteiger partial charge in [0.15, 0.2) is 0 Å². The number of rotatable bonds is 4. The molecule has 1 amide bonds. The number of carbonyl (C=O) groups excluding carboxylic acids is 1. The van der Waals surface area contributed by atoms with E-state index in [0.29, 0.717) is 13.0 Å². The lowest BCUT2D eigenvalue weighted by Gasteiger charge is -2.30. The van der Waals surface area contributed by atoms with Gasteiger partial charge in [-0.3, -0.25) is 4.79 Å². The van der Waals surface area contributed by atoms with E-state index in [-0.39, 0.29) is 18.3 Å². The maximum Gasteiger partial charge on any atom is 0.230 e. The Labute approximate surface area is 155 Å². The first-order valence-corrected chi connectivity index (χ1v) is 8.43. The Bertz CT molecular complexity index is 741. The van der Waals surface area contributed by atoms with E-state index in [2.05, 4.69) is 6.07 Å². The second kappa shape index (κ2) is 8.26. The number of aryl methyl sites for hydroxylation is 2. The molecule has 0 fully saturated rings. The maximum atomic E-state index is 12.6. The first kappa shape index (κ1) is 19.1. The Balaban J connectivity index is 0.00000225. The van der Waals surface area contributed by atoms with Crippen molar-refractivity contribution < 1.29 is 9.53 Å². The summed E-state index contributed by atoms with van der Waals surface area (Å²) in [6.45, 7) is 5.22. The maximum absolute atomic E-state index is 12.6. The molecule has 0 aliphatic carbocycles. The number of benzene rings is 2. The number of hydrogen-bond acceptors (Lipinski definition) is 3. The molecule has 0 radical (unpaired) electrons. The predicted molar refractivity (Wildman–Crippen MR) is 105 cm³/mol. The number of carbonyl (C=O) groups is 1. The zero-order valence-corrected chi connectivity index (χ0v) is 15.6. The van der Waals surface area contributed by atoms with Crippen LogP contribution in [0.1, 0.15) is 29.5 Å². The SMILES string of the molecule is Cc1cc(C)cc(OCCC(=O)N2CCCc3c(N)cccc32)c1.Cl. The van der Waals surface area contributed by atoms with Gasteiger partial charge in [-0.25, -0.2) is 0 Å². The molecule has 2 aromatic carbocycles. The standard InChI is InChI=1S/C20H24N2O2.ClH/c1-14-11-15(2)13-16(12-14)24-10-8-20(23)22-9-4-5-17-18(21)6-3-7-19(17)22;/h3,6-7,11-13H,4-5,8-10,21H2,1-2H3;1H. The van der Waals surface area contributed by atoms with Crippen LogP contribution in [-0.2, 0) is 11.2 Å². The van der Waals surface area contributed by atoms with Crippen molar-refractivity contribution in [2.75, 3.05) is 23.8 Å². The van der Waals surface area contributed by atoms with Gasteiger partial charge in [-0.2, -0.15) is 0 Å². The number of amides is 1. The quantitative estimate of drug-likeness (QED) is 0.836. The summed E-state index contributed by atoms with van der Waals surface area (Å²) in [5.74, 6) is 0.912. The summed E-state index contributed by atoms with van der Waals surface area (Å²) < 4.78 is 5.77. The molecule has 1 aliphatic heterocycles. The van der Waals surface area contributed by atoms with Crippen molar-refractivity contribution in [3.8, 4) is 5.75 Å². The highest BCUT2D eigenvalue weighted by molar-refractivity contribution is 5.95. The number of hydrogen-bond donors (Lipinski definition) is 1. The normalized spacial score (nSPS) is 13.0. The highest BCUT2D eigenvalue weighted by Crippen LogP contribution is 2.31. The van der Waals surface area contributed by atoms with Gasteiger partial charge >= 0.3 is 0 Å². The molecule has 1 aliphatic rings. The van der Waals surface area contributed by atoms with Gasteiger partial charge in [0.05, 0.1) is 13.0 Å². The molecule has 0 saturated heterocycles. The van der Waals surface area contributed by atoms with Crippen LogP contribution in [-0.4, -0.2) is 19.1 Å². The highest BCUT2D eigenvalue weighted by atomic mass is 35.5. The first-order valence-electron chi connectivity index (χ1n) is 8.43. The number of nitrogen functional groups attached to an aromatic ring is 1. The van der Waals surface area contributed by atoms with Crippen LogP contribution < -0.4 is 15.4 Å². The third-order valence-electron chi connectivity index (χ3n) is 4.37. The third kappa shape index (κ3) is 4.45. The van der Waals surface area contributed by atoms with Crippen LogP contribution in [0, 0.1) is 13.8 Å². The molecule has 0 bridgehead atoms. The predicted octanol–water partition coefficient (Wildman–Crippen LogP) is 4.06. The largest absolute Gasteiger partial charge is 0.493 e. The molecule has 1 heterocycles. The minimum atomic E-state index is 0. The molecule has 134 valence electrons. The molecule has 0 unspecified atom stereocenters. The summed E-state index contributed by atoms with van der Waals surface area (Å²) in [4.78, 5) is 14.4. The van der Waals surface area contributed by atoms with E-state index >= 15 is 0 Å². The van der Waals surface area contributed by atoms with E-state index < -0.39 is 0 Å². The van der Waals surface area contributed by atoms with Gasteiger partial charge in [-0.1, -0.05) is 12.1 Å². The van der Waals surface area contributed by atoms with Gasteiger partial charge in [0, 0.05) is 17.9 Å². The Hall–Kier alpha value is -2.20. The molecule has 2 aromatic rings. The monoisotopic (exact) mass is 360 g/mol. The number of fused-ring (bicyclic) bond motifs is 1. The fraction of sp³-hybridized carbons (Fsp3) is 0.350. The van der Waals surface area contributed by atoms with E-state index in [1.54, 1.807) is 0 Å². The summed E-state index contributed by atoms with van der Waals surface area (Å²) >= 11 is 0. The summed E-state index contributed by atoms with van der Waals surface area (Å²) in [5, 5.41) is 0. The van der Waals surface area contributed by atoms with Gasteiger partial charge < -0.3 is 15.4 Å². The van der Waals surface area contributed by atoms with Crippen LogP contribution in [0.25, 0.3) is 0 Å². The second-order valence-electron chi connectivity index (χ2n) is 6.42. The zero-order valence-electron chi connectivity index (χ0n) is 14.7. The first-order chi connectivity index (χ1) is 11.5. The summed E-state index contributed by atoms with van der Waals surface area (Å²) in [6.07, 6.45) is 2.25. The van der Waals surface area contributed by atoms with E-state index in [1.165, 1.54) is 0 Å². The second-order valence-corrected chi connectivity index (χ2v) is 6.42. The van der Waals surface area contributed by atoms with Gasteiger partial charge in [0.25, 0.3) is 0 Å². The fourth-order valence-corrected chi connectivity index (χ4v) is 3.32. The Morgan fingerprint density at radius 2 is 1.92 bits per heavy atom. The van der Waals surface area contributed by atoms with E-state index in [4.69, 9.17) is 10.5 Å². The summed E-state index contributed by atoms with van der Waals surface area (Å²) in [5.41, 5.74) is 11.2. The van der Waals surface area contributed by atoms with Crippen LogP contribution in [0.4, 0.5) is 11.4 Å². The molecular formula is C20H25ClN2O2. The van der Waals surface area contributed by atoms with Crippen LogP contribution in [0.3, 0.4) is 0 Å². The number of nitrogens with two attached hydrogens (primary N) is 1. The molecule has 2 N–H and O–H groups in total. The summed E-state index contributed by atoms with van der Waals surface area (Å²) in [6, 6.07) is 11.9. The van der Waals surface area contributed by atoms with Gasteiger partial charge in [0.2, 0.25) is 5.91 Å². The van der Waals surface area contributed by atoms with Crippen molar-refractivity contribution in [2.24, 2.45) is 0 Å². The van der Waals surface area contributed by atoms with Crippen molar-refractivity contribution >= 4 is 29.7 Å². The van der Waals surface area contributed by atoms with Gasteiger partial charge in [-0.15, -0.1) is 12.4 Å². The number of anilines is 2. The topological polar surface area (TPSA) is 55.6 Å². The molecular weight excluding hydrogens is 336 g/mol. The molecule has 0 spiro atoms. The number of nitrogens with zero attached hydrogens (tertiary/aromatic N) is 1. The molecule has 3 rings (SSSR count). The Morgan fingerprint density at radius 1 is 1.20 bits per heavy atom. The smallest absolute Gasteiger partial charge is 0.230 e. The van der Waals surface area contributed by atoms with E-state index in [9.17, 15) is 4.79 Å². The minimum absolute atomic E-state index is 0. The lowest BCUT2D eigenvalue weighted by atomic mass is 9.99. The van der Waals surface area contributed by atoms with Crippen LogP contribution >= 0.6 is 12.4 Å². The highest BCUT2D eigenvalue weighted by Gasteiger charge is 2.23. The van der Waals surface area contributed by atoms with Crippen LogP contribution in [0.5, 0.6) is 5.75 Å². The van der Waals surface area contributed by atoms with Crippen molar-refractivity contribution in [1.29, 1.82) is 0 Å². The van der Waals surface area contributed by atoms with Crippen LogP contribution in [0.15, 0.2) is 36.4 Å². The number of halogens is 1.